The van der Waals surface area contributed by atoms with Crippen LogP contribution in [0.15, 0.2) is 77.7 Å². The number of nitrogens with one attached hydrogen (secondary N) is 2. The van der Waals surface area contributed by atoms with Crippen LogP contribution in [0.2, 0.25) is 5.02 Å². The van der Waals surface area contributed by atoms with Gasteiger partial charge in [0.1, 0.15) is 5.75 Å². The molecule has 0 aliphatic heterocycles. The Morgan fingerprint density at radius 2 is 1.67 bits per heavy atom. The molecule has 1 amide bonds. The van der Waals surface area contributed by atoms with E-state index in [0.29, 0.717) is 16.5 Å². The molecule has 3 aromatic carbocycles. The Kier molecular flexibility index (Phi) is 7.57. The number of halogens is 1. The molecule has 8 nitrogen and oxygen atoms in total. The number of benzene rings is 3. The maximum atomic E-state index is 12.8. The van der Waals surface area contributed by atoms with E-state index >= 15 is 0 Å². The van der Waals surface area contributed by atoms with Crippen LogP contribution in [-0.4, -0.2) is 33.5 Å². The van der Waals surface area contributed by atoms with Crippen LogP contribution in [0.3, 0.4) is 0 Å². The van der Waals surface area contributed by atoms with E-state index in [2.05, 4.69) is 10.0 Å². The van der Waals surface area contributed by atoms with Crippen molar-refractivity contribution in [1.29, 1.82) is 0 Å². The number of hydrogen-bond acceptors (Lipinski definition) is 6. The Labute approximate surface area is 196 Å². The number of carbonyl (C=O) groups excluding carboxylic acids is 2. The minimum Gasteiger partial charge on any atom is -0.495 e. The molecule has 1 atom stereocenters. The van der Waals surface area contributed by atoms with Gasteiger partial charge in [-0.25, -0.2) is 13.2 Å². The normalized spacial score (nSPS) is 11.8. The molecule has 2 N–H and O–H groups in total. The van der Waals surface area contributed by atoms with E-state index in [9.17, 15) is 18.0 Å². The van der Waals surface area contributed by atoms with Crippen molar-refractivity contribution < 1.29 is 27.5 Å². The first-order chi connectivity index (χ1) is 15.7. The number of hydrogen-bond donors (Lipinski definition) is 2. The number of methoxy groups -OCH3 is 1. The molecular weight excluding hydrogens is 468 g/mol. The van der Waals surface area contributed by atoms with E-state index in [1.165, 1.54) is 38.3 Å². The fraction of sp³-hybridized carbons (Fsp3) is 0.130. The molecule has 0 aliphatic carbocycles. The molecule has 1 unspecified atom stereocenters. The van der Waals surface area contributed by atoms with Gasteiger partial charge in [0.25, 0.3) is 15.9 Å². The minimum atomic E-state index is -4.02. The van der Waals surface area contributed by atoms with Crippen molar-refractivity contribution in [3.63, 3.8) is 0 Å². The molecule has 0 spiro atoms. The highest BCUT2D eigenvalue weighted by atomic mass is 35.5. The maximum Gasteiger partial charge on any atom is 0.338 e. The Hall–Kier alpha value is -3.56. The number of carbonyl (C=O) groups is 2. The lowest BCUT2D eigenvalue weighted by Crippen LogP contribution is -2.30. The van der Waals surface area contributed by atoms with E-state index in [1.807, 2.05) is 0 Å². The summed E-state index contributed by atoms with van der Waals surface area (Å²) >= 11 is 5.82. The van der Waals surface area contributed by atoms with Gasteiger partial charge < -0.3 is 14.8 Å². The highest BCUT2D eigenvalue weighted by Crippen LogP contribution is 2.26. The summed E-state index contributed by atoms with van der Waals surface area (Å²) in [6.07, 6.45) is -1.12. The topological polar surface area (TPSA) is 111 Å². The zero-order chi connectivity index (χ0) is 24.0. The average Bonchev–Trinajstić information content (AvgIpc) is 2.80. The summed E-state index contributed by atoms with van der Waals surface area (Å²) < 4.78 is 38.4. The van der Waals surface area contributed by atoms with E-state index < -0.39 is 28.0 Å². The lowest BCUT2D eigenvalue weighted by molar-refractivity contribution is -0.123. The van der Waals surface area contributed by atoms with Crippen LogP contribution in [0, 0.1) is 0 Å². The summed E-state index contributed by atoms with van der Waals surface area (Å²) in [5, 5.41) is 3.12. The Balaban J connectivity index is 1.70. The number of sulfonamides is 1. The van der Waals surface area contributed by atoms with Crippen LogP contribution < -0.4 is 14.8 Å². The molecule has 33 heavy (non-hydrogen) atoms. The second-order valence-corrected chi connectivity index (χ2v) is 9.00. The van der Waals surface area contributed by atoms with Crippen LogP contribution in [0.1, 0.15) is 17.3 Å². The molecular formula is C23H21ClN2O6S. The van der Waals surface area contributed by atoms with Crippen molar-refractivity contribution in [2.75, 3.05) is 17.1 Å². The van der Waals surface area contributed by atoms with Crippen molar-refractivity contribution in [2.24, 2.45) is 0 Å². The molecule has 172 valence electrons. The predicted molar refractivity (Wildman–Crippen MR) is 125 cm³/mol. The summed E-state index contributed by atoms with van der Waals surface area (Å²) in [7, 11) is -2.59. The van der Waals surface area contributed by atoms with Gasteiger partial charge in [0, 0.05) is 10.7 Å². The smallest absolute Gasteiger partial charge is 0.338 e. The number of rotatable bonds is 8. The van der Waals surface area contributed by atoms with Gasteiger partial charge >= 0.3 is 5.97 Å². The van der Waals surface area contributed by atoms with Gasteiger partial charge in [0.15, 0.2) is 6.10 Å². The zero-order valence-corrected chi connectivity index (χ0v) is 19.3. The molecule has 0 saturated carbocycles. The van der Waals surface area contributed by atoms with Crippen molar-refractivity contribution >= 4 is 44.9 Å². The molecule has 3 aromatic rings. The molecule has 0 heterocycles. The van der Waals surface area contributed by atoms with Crippen molar-refractivity contribution in [2.45, 2.75) is 17.9 Å². The van der Waals surface area contributed by atoms with E-state index in [-0.39, 0.29) is 16.1 Å². The van der Waals surface area contributed by atoms with Crippen LogP contribution in [0.25, 0.3) is 0 Å². The number of para-hydroxylation sites is 2. The Bertz CT molecular complexity index is 1260. The number of ether oxygens (including phenoxy) is 2. The summed E-state index contributed by atoms with van der Waals surface area (Å²) in [6, 6.07) is 18.3. The van der Waals surface area contributed by atoms with E-state index in [0.717, 1.165) is 0 Å². The van der Waals surface area contributed by atoms with Crippen molar-refractivity contribution in [3.05, 3.63) is 83.4 Å². The molecule has 0 fully saturated rings. The van der Waals surface area contributed by atoms with E-state index in [4.69, 9.17) is 21.1 Å². The number of anilines is 2. The van der Waals surface area contributed by atoms with Gasteiger partial charge in [-0.05, 0) is 61.5 Å². The van der Waals surface area contributed by atoms with Crippen molar-refractivity contribution in [3.8, 4) is 5.75 Å². The molecule has 0 aromatic heterocycles. The monoisotopic (exact) mass is 488 g/mol. The molecule has 0 aliphatic rings. The van der Waals surface area contributed by atoms with Crippen LogP contribution >= 0.6 is 11.6 Å². The third-order valence-corrected chi connectivity index (χ3v) is 6.11. The molecule has 0 radical (unpaired) electrons. The van der Waals surface area contributed by atoms with E-state index in [1.54, 1.807) is 48.5 Å². The summed E-state index contributed by atoms with van der Waals surface area (Å²) in [6.45, 7) is 1.41. The first kappa shape index (κ1) is 24.1. The van der Waals surface area contributed by atoms with Crippen LogP contribution in [-0.2, 0) is 19.6 Å². The summed E-state index contributed by atoms with van der Waals surface area (Å²) in [5.41, 5.74) is 0.715. The molecule has 10 heteroatoms. The largest absolute Gasteiger partial charge is 0.495 e. The average molecular weight is 489 g/mol. The second-order valence-electron chi connectivity index (χ2n) is 6.88. The highest BCUT2D eigenvalue weighted by Gasteiger charge is 2.22. The number of esters is 1. The van der Waals surface area contributed by atoms with Crippen molar-refractivity contribution in [1.82, 2.24) is 0 Å². The summed E-state index contributed by atoms with van der Waals surface area (Å²) in [5.74, 6) is -1.05. The van der Waals surface area contributed by atoms with Gasteiger partial charge in [0.2, 0.25) is 0 Å². The Morgan fingerprint density at radius 3 is 2.36 bits per heavy atom. The number of amides is 1. The fourth-order valence-electron chi connectivity index (χ4n) is 2.78. The van der Waals surface area contributed by atoms with Gasteiger partial charge in [-0.2, -0.15) is 0 Å². The van der Waals surface area contributed by atoms with Gasteiger partial charge in [-0.3, -0.25) is 9.52 Å². The second kappa shape index (κ2) is 10.4. The molecule has 0 bridgehead atoms. The predicted octanol–water partition coefficient (Wildman–Crippen LogP) is 4.33. The quantitative estimate of drug-likeness (QED) is 0.456. The highest BCUT2D eigenvalue weighted by molar-refractivity contribution is 7.92. The zero-order valence-electron chi connectivity index (χ0n) is 17.7. The first-order valence-corrected chi connectivity index (χ1v) is 11.6. The van der Waals surface area contributed by atoms with Crippen LogP contribution in [0.5, 0.6) is 5.75 Å². The third-order valence-electron chi connectivity index (χ3n) is 4.50. The fourth-order valence-corrected chi connectivity index (χ4v) is 4.02. The SMILES string of the molecule is COc1ccccc1NS(=O)(=O)c1cccc(C(=O)OC(C)C(=O)Nc2ccc(Cl)cc2)c1. The standard InChI is InChI=1S/C23H21ClN2O6S/c1-15(22(27)25-18-12-10-17(24)11-13-18)32-23(28)16-6-5-7-19(14-16)33(29,30)26-20-8-3-4-9-21(20)31-2/h3-15,26H,1-2H3,(H,25,27). The maximum absolute atomic E-state index is 12.8. The van der Waals surface area contributed by atoms with Gasteiger partial charge in [-0.1, -0.05) is 29.8 Å². The third kappa shape index (κ3) is 6.24. The van der Waals surface area contributed by atoms with Crippen LogP contribution in [0.4, 0.5) is 11.4 Å². The minimum absolute atomic E-state index is 0.0240. The van der Waals surface area contributed by atoms with Gasteiger partial charge in [0.05, 0.1) is 23.3 Å². The molecule has 3 rings (SSSR count). The molecule has 0 saturated heterocycles. The first-order valence-electron chi connectivity index (χ1n) is 9.73. The lowest BCUT2D eigenvalue weighted by atomic mass is 10.2. The Morgan fingerprint density at radius 1 is 0.970 bits per heavy atom. The summed E-state index contributed by atoms with van der Waals surface area (Å²) in [4.78, 5) is 24.7. The lowest BCUT2D eigenvalue weighted by Gasteiger charge is -2.14. The van der Waals surface area contributed by atoms with Gasteiger partial charge in [-0.15, -0.1) is 0 Å².